The second kappa shape index (κ2) is 7.30. The molecule has 0 amide bonds. The van der Waals surface area contributed by atoms with E-state index in [-0.39, 0.29) is 5.92 Å². The first-order chi connectivity index (χ1) is 12.3. The molecule has 2 aliphatic rings. The number of oxazole rings is 1. The molecule has 0 radical (unpaired) electrons. The van der Waals surface area contributed by atoms with E-state index < -0.39 is 5.60 Å². The summed E-state index contributed by atoms with van der Waals surface area (Å²) in [5.74, 6) is 1.50. The largest absolute Gasteiger partial charge is 0.441 e. The Morgan fingerprint density at radius 3 is 2.48 bits per heavy atom. The third-order valence-electron chi connectivity index (χ3n) is 5.87. The Kier molecular flexibility index (Phi) is 4.91. The van der Waals surface area contributed by atoms with Crippen molar-refractivity contribution < 1.29 is 9.52 Å². The Morgan fingerprint density at radius 1 is 1.04 bits per heavy atom. The molecule has 2 heterocycles. The topological polar surface area (TPSA) is 49.5 Å². The summed E-state index contributed by atoms with van der Waals surface area (Å²) in [7, 11) is 0. The Labute approximate surface area is 149 Å². The molecule has 2 fully saturated rings. The van der Waals surface area contributed by atoms with Gasteiger partial charge in [0.1, 0.15) is 5.76 Å². The first kappa shape index (κ1) is 16.8. The van der Waals surface area contributed by atoms with Crippen molar-refractivity contribution in [1.29, 1.82) is 0 Å². The van der Waals surface area contributed by atoms with E-state index in [9.17, 15) is 5.11 Å². The van der Waals surface area contributed by atoms with E-state index in [1.807, 2.05) is 36.5 Å². The first-order valence-electron chi connectivity index (χ1n) is 9.72. The summed E-state index contributed by atoms with van der Waals surface area (Å²) in [6, 6.07) is 9.95. The zero-order valence-electron chi connectivity index (χ0n) is 14.9. The van der Waals surface area contributed by atoms with Crippen LogP contribution in [-0.4, -0.2) is 28.1 Å². The highest BCUT2D eigenvalue weighted by molar-refractivity contribution is 5.30. The molecule has 25 heavy (non-hydrogen) atoms. The van der Waals surface area contributed by atoms with Gasteiger partial charge in [0.2, 0.25) is 5.89 Å². The predicted molar refractivity (Wildman–Crippen MR) is 97.0 cm³/mol. The number of nitrogens with zero attached hydrogens (tertiary/aromatic N) is 2. The van der Waals surface area contributed by atoms with Crippen LogP contribution in [0.2, 0.25) is 0 Å². The van der Waals surface area contributed by atoms with E-state index in [0.717, 1.165) is 43.8 Å². The quantitative estimate of drug-likeness (QED) is 0.891. The highest BCUT2D eigenvalue weighted by atomic mass is 16.4. The number of hydrogen-bond acceptors (Lipinski definition) is 4. The molecule has 4 nitrogen and oxygen atoms in total. The van der Waals surface area contributed by atoms with Crippen molar-refractivity contribution in [2.45, 2.75) is 57.1 Å². The van der Waals surface area contributed by atoms with Crippen molar-refractivity contribution in [2.75, 3.05) is 13.1 Å². The van der Waals surface area contributed by atoms with Crippen molar-refractivity contribution >= 4 is 0 Å². The van der Waals surface area contributed by atoms with Gasteiger partial charge in [-0.25, -0.2) is 4.98 Å². The van der Waals surface area contributed by atoms with Crippen LogP contribution in [0.25, 0.3) is 0 Å². The number of rotatable bonds is 5. The maximum atomic E-state index is 11.8. The Morgan fingerprint density at radius 2 is 1.76 bits per heavy atom. The molecule has 1 saturated heterocycles. The lowest BCUT2D eigenvalue weighted by atomic mass is 9.73. The highest BCUT2D eigenvalue weighted by Gasteiger charge is 2.44. The second-order valence-corrected chi connectivity index (χ2v) is 7.58. The minimum absolute atomic E-state index is 0.168. The third kappa shape index (κ3) is 3.38. The summed E-state index contributed by atoms with van der Waals surface area (Å²) >= 11 is 0. The zero-order valence-corrected chi connectivity index (χ0v) is 14.9. The summed E-state index contributed by atoms with van der Waals surface area (Å²) < 4.78 is 6.12. The minimum atomic E-state index is -1.12. The first-order valence-corrected chi connectivity index (χ1v) is 9.72. The van der Waals surface area contributed by atoms with Gasteiger partial charge in [-0.3, -0.25) is 4.90 Å². The second-order valence-electron chi connectivity index (χ2n) is 7.58. The van der Waals surface area contributed by atoms with Crippen LogP contribution >= 0.6 is 0 Å². The monoisotopic (exact) mass is 340 g/mol. The van der Waals surface area contributed by atoms with Crippen LogP contribution in [0.5, 0.6) is 0 Å². The molecule has 1 N–H and O–H groups in total. The standard InChI is InChI=1S/C21H28N2O2/c24-21(17-9-3-1-4-10-17,18-11-5-2-6-12-18)20-22-15-19(25-20)16-23-13-7-8-14-23/h1,3-4,9-10,15,18,24H,2,5-8,11-14,16H2. The fraction of sp³-hybridized carbons (Fsp3) is 0.571. The molecule has 1 aromatic heterocycles. The highest BCUT2D eigenvalue weighted by Crippen LogP contribution is 2.43. The number of aromatic nitrogens is 1. The maximum absolute atomic E-state index is 11.8. The SMILES string of the molecule is OC(c1ccccc1)(c1ncc(CN2CCCC2)o1)C1CCCCC1. The number of aliphatic hydroxyl groups is 1. The van der Waals surface area contributed by atoms with E-state index in [1.54, 1.807) is 0 Å². The predicted octanol–water partition coefficient (Wildman–Crippen LogP) is 4.09. The number of benzene rings is 1. The van der Waals surface area contributed by atoms with Crippen molar-refractivity contribution in [3.8, 4) is 0 Å². The summed E-state index contributed by atoms with van der Waals surface area (Å²) in [5, 5.41) is 11.8. The molecule has 1 aromatic carbocycles. The Hall–Kier alpha value is -1.65. The lowest BCUT2D eigenvalue weighted by Gasteiger charge is -2.36. The molecule has 2 aromatic rings. The molecule has 1 atom stereocenters. The van der Waals surface area contributed by atoms with Gasteiger partial charge in [-0.2, -0.15) is 0 Å². The molecule has 134 valence electrons. The molecular formula is C21H28N2O2. The molecule has 0 bridgehead atoms. The average molecular weight is 340 g/mol. The van der Waals surface area contributed by atoms with Gasteiger partial charge in [0, 0.05) is 5.92 Å². The Bertz CT molecular complexity index is 672. The normalized spacial score (nSPS) is 22.1. The maximum Gasteiger partial charge on any atom is 0.231 e. The van der Waals surface area contributed by atoms with E-state index in [4.69, 9.17) is 4.42 Å². The van der Waals surface area contributed by atoms with Crippen molar-refractivity contribution in [1.82, 2.24) is 9.88 Å². The van der Waals surface area contributed by atoms with Crippen LogP contribution in [0.3, 0.4) is 0 Å². The fourth-order valence-corrected chi connectivity index (χ4v) is 4.46. The van der Waals surface area contributed by atoms with Crippen molar-refractivity contribution in [2.24, 2.45) is 5.92 Å². The number of hydrogen-bond donors (Lipinski definition) is 1. The molecule has 0 spiro atoms. The van der Waals surface area contributed by atoms with Gasteiger partial charge in [0.05, 0.1) is 12.7 Å². The van der Waals surface area contributed by atoms with Crippen LogP contribution < -0.4 is 0 Å². The lowest BCUT2D eigenvalue weighted by Crippen LogP contribution is -2.38. The van der Waals surface area contributed by atoms with E-state index >= 15 is 0 Å². The van der Waals surface area contributed by atoms with Gasteiger partial charge < -0.3 is 9.52 Å². The van der Waals surface area contributed by atoms with E-state index in [0.29, 0.717) is 5.89 Å². The van der Waals surface area contributed by atoms with Gasteiger partial charge >= 0.3 is 0 Å². The molecule has 4 rings (SSSR count). The summed E-state index contributed by atoms with van der Waals surface area (Å²) in [4.78, 5) is 6.93. The van der Waals surface area contributed by atoms with E-state index in [2.05, 4.69) is 9.88 Å². The molecule has 4 heteroatoms. The van der Waals surface area contributed by atoms with Crippen LogP contribution in [0.4, 0.5) is 0 Å². The van der Waals surface area contributed by atoms with Gasteiger partial charge in [-0.1, -0.05) is 49.6 Å². The summed E-state index contributed by atoms with van der Waals surface area (Å²) in [6.07, 6.45) is 9.97. The summed E-state index contributed by atoms with van der Waals surface area (Å²) in [6.45, 7) is 3.05. The van der Waals surface area contributed by atoms with Gasteiger partial charge in [-0.05, 0) is 44.3 Å². The van der Waals surface area contributed by atoms with Crippen molar-refractivity contribution in [3.05, 3.63) is 53.7 Å². The van der Waals surface area contributed by atoms with Gasteiger partial charge in [-0.15, -0.1) is 0 Å². The van der Waals surface area contributed by atoms with Crippen LogP contribution in [-0.2, 0) is 12.1 Å². The molecule has 1 saturated carbocycles. The third-order valence-corrected chi connectivity index (χ3v) is 5.87. The molecule has 1 unspecified atom stereocenters. The number of likely N-dealkylation sites (tertiary alicyclic amines) is 1. The fourth-order valence-electron chi connectivity index (χ4n) is 4.46. The van der Waals surface area contributed by atoms with Gasteiger partial charge in [0.15, 0.2) is 5.60 Å². The van der Waals surface area contributed by atoms with Gasteiger partial charge in [0.25, 0.3) is 0 Å². The van der Waals surface area contributed by atoms with Crippen LogP contribution in [0.1, 0.15) is 62.2 Å². The zero-order chi connectivity index (χ0) is 17.1. The Balaban J connectivity index is 1.64. The van der Waals surface area contributed by atoms with Crippen molar-refractivity contribution in [3.63, 3.8) is 0 Å². The molecule has 1 aliphatic carbocycles. The molecule has 1 aliphatic heterocycles. The smallest absolute Gasteiger partial charge is 0.231 e. The lowest BCUT2D eigenvalue weighted by molar-refractivity contribution is -0.0242. The van der Waals surface area contributed by atoms with E-state index in [1.165, 1.54) is 32.1 Å². The summed E-state index contributed by atoms with van der Waals surface area (Å²) in [5.41, 5.74) is -0.221. The average Bonchev–Trinajstić information content (AvgIpc) is 3.35. The minimum Gasteiger partial charge on any atom is -0.441 e. The molecular weight excluding hydrogens is 312 g/mol. The van der Waals surface area contributed by atoms with Crippen LogP contribution in [0, 0.1) is 5.92 Å². The van der Waals surface area contributed by atoms with Crippen LogP contribution in [0.15, 0.2) is 40.9 Å².